The summed E-state index contributed by atoms with van der Waals surface area (Å²) in [6.07, 6.45) is 1.47. The Kier molecular flexibility index (Phi) is 4.47. The molecule has 2 rings (SSSR count). The van der Waals surface area contributed by atoms with Crippen molar-refractivity contribution in [2.45, 2.75) is 25.8 Å². The summed E-state index contributed by atoms with van der Waals surface area (Å²) in [5.74, 6) is -0.261. The Morgan fingerprint density at radius 2 is 2.21 bits per heavy atom. The molecule has 1 aliphatic heterocycles. The molecule has 1 unspecified atom stereocenters. The first-order valence-corrected chi connectivity index (χ1v) is 7.25. The molecule has 4 nitrogen and oxygen atoms in total. The summed E-state index contributed by atoms with van der Waals surface area (Å²) < 4.78 is 0.834. The molecule has 1 aliphatic rings. The molecule has 0 saturated carbocycles. The highest BCUT2D eigenvalue weighted by Gasteiger charge is 2.33. The molecule has 1 aromatic rings. The Balaban J connectivity index is 2.31. The zero-order valence-electron chi connectivity index (χ0n) is 10.5. The van der Waals surface area contributed by atoms with Crippen LogP contribution in [0.5, 0.6) is 0 Å². The van der Waals surface area contributed by atoms with E-state index < -0.39 is 6.04 Å². The van der Waals surface area contributed by atoms with Gasteiger partial charge >= 0.3 is 0 Å². The smallest absolute Gasteiger partial charge is 0.250 e. The maximum Gasteiger partial charge on any atom is 0.250 e. The maximum absolute atomic E-state index is 12.3. The van der Waals surface area contributed by atoms with Crippen LogP contribution in [0.25, 0.3) is 0 Å². The molecule has 0 bridgehead atoms. The van der Waals surface area contributed by atoms with Gasteiger partial charge in [0.2, 0.25) is 11.8 Å². The van der Waals surface area contributed by atoms with Crippen molar-refractivity contribution in [2.75, 3.05) is 11.4 Å². The fourth-order valence-corrected chi connectivity index (χ4v) is 2.88. The maximum atomic E-state index is 12.3. The number of hydrogen-bond acceptors (Lipinski definition) is 2. The van der Waals surface area contributed by atoms with Crippen LogP contribution in [0, 0.1) is 0 Å². The Morgan fingerprint density at radius 3 is 2.84 bits per heavy atom. The molecule has 1 atom stereocenters. The van der Waals surface area contributed by atoms with E-state index in [2.05, 4.69) is 21.2 Å². The summed E-state index contributed by atoms with van der Waals surface area (Å²) >= 11 is 9.46. The molecule has 1 saturated heterocycles. The summed E-state index contributed by atoms with van der Waals surface area (Å²) in [5.41, 5.74) is 0.575. The van der Waals surface area contributed by atoms with Gasteiger partial charge in [-0.15, -0.1) is 0 Å². The zero-order chi connectivity index (χ0) is 14.0. The molecule has 2 amide bonds. The molecule has 0 spiro atoms. The van der Waals surface area contributed by atoms with Gasteiger partial charge in [0, 0.05) is 4.47 Å². The van der Waals surface area contributed by atoms with Crippen LogP contribution < -0.4 is 10.2 Å². The third-order valence-electron chi connectivity index (χ3n) is 2.98. The highest BCUT2D eigenvalue weighted by molar-refractivity contribution is 9.10. The normalized spacial score (nSPS) is 19.5. The van der Waals surface area contributed by atoms with Crippen LogP contribution in [-0.4, -0.2) is 24.4 Å². The second-order valence-corrected chi connectivity index (χ2v) is 5.75. The molecule has 19 heavy (non-hydrogen) atoms. The number of carbonyl (C=O) groups is 2. The minimum absolute atomic E-state index is 0.0143. The number of carbonyl (C=O) groups excluding carboxylic acids is 2. The van der Waals surface area contributed by atoms with E-state index >= 15 is 0 Å². The highest BCUT2D eigenvalue weighted by Crippen LogP contribution is 2.30. The number of halogens is 2. The van der Waals surface area contributed by atoms with Crippen LogP contribution in [0.15, 0.2) is 22.7 Å². The van der Waals surface area contributed by atoms with E-state index in [1.165, 1.54) is 4.90 Å². The number of anilines is 1. The topological polar surface area (TPSA) is 49.4 Å². The number of benzene rings is 1. The van der Waals surface area contributed by atoms with Crippen molar-refractivity contribution in [3.05, 3.63) is 27.7 Å². The molecule has 1 fully saturated rings. The third-order valence-corrected chi connectivity index (χ3v) is 3.77. The van der Waals surface area contributed by atoms with Gasteiger partial charge in [-0.05, 0) is 24.6 Å². The van der Waals surface area contributed by atoms with Crippen molar-refractivity contribution in [1.29, 1.82) is 0 Å². The molecular weight excluding hydrogens is 332 g/mol. The van der Waals surface area contributed by atoms with Crippen molar-refractivity contribution in [3.8, 4) is 0 Å². The number of rotatable bonds is 3. The van der Waals surface area contributed by atoms with Crippen molar-refractivity contribution in [3.63, 3.8) is 0 Å². The SMILES string of the molecule is CCCC1NC(=O)CN(c2ccc(Br)cc2Cl)C1=O. The van der Waals surface area contributed by atoms with Gasteiger partial charge in [0.1, 0.15) is 12.6 Å². The monoisotopic (exact) mass is 344 g/mol. The highest BCUT2D eigenvalue weighted by atomic mass is 79.9. The lowest BCUT2D eigenvalue weighted by atomic mass is 10.1. The fraction of sp³-hybridized carbons (Fsp3) is 0.385. The van der Waals surface area contributed by atoms with E-state index in [1.807, 2.05) is 6.92 Å². The molecule has 0 radical (unpaired) electrons. The third kappa shape index (κ3) is 3.09. The molecule has 1 N–H and O–H groups in total. The van der Waals surface area contributed by atoms with E-state index in [9.17, 15) is 9.59 Å². The molecular formula is C13H14BrClN2O2. The summed E-state index contributed by atoms with van der Waals surface area (Å²) in [6.45, 7) is 1.99. The van der Waals surface area contributed by atoms with Crippen LogP contribution in [0.1, 0.15) is 19.8 Å². The second-order valence-electron chi connectivity index (χ2n) is 4.43. The van der Waals surface area contributed by atoms with Gasteiger partial charge in [0.15, 0.2) is 0 Å². The minimum atomic E-state index is -0.453. The Morgan fingerprint density at radius 1 is 1.47 bits per heavy atom. The first-order chi connectivity index (χ1) is 9.02. The second kappa shape index (κ2) is 5.92. The minimum Gasteiger partial charge on any atom is -0.343 e. The van der Waals surface area contributed by atoms with Crippen molar-refractivity contribution in [1.82, 2.24) is 5.32 Å². The molecule has 1 aromatic carbocycles. The molecule has 0 aliphatic carbocycles. The van der Waals surface area contributed by atoms with Crippen molar-refractivity contribution in [2.24, 2.45) is 0 Å². The van der Waals surface area contributed by atoms with Gasteiger partial charge in [-0.25, -0.2) is 0 Å². The average molecular weight is 346 g/mol. The average Bonchev–Trinajstić information content (AvgIpc) is 2.34. The van der Waals surface area contributed by atoms with Gasteiger partial charge in [-0.3, -0.25) is 14.5 Å². The van der Waals surface area contributed by atoms with Crippen LogP contribution in [0.2, 0.25) is 5.02 Å². The quantitative estimate of drug-likeness (QED) is 0.916. The Hall–Kier alpha value is -1.07. The molecule has 1 heterocycles. The lowest BCUT2D eigenvalue weighted by molar-refractivity contribution is -0.131. The largest absolute Gasteiger partial charge is 0.343 e. The lowest BCUT2D eigenvalue weighted by Gasteiger charge is -2.33. The van der Waals surface area contributed by atoms with E-state index in [0.29, 0.717) is 17.1 Å². The Bertz CT molecular complexity index is 521. The molecule has 0 aromatic heterocycles. The number of piperazine rings is 1. The van der Waals surface area contributed by atoms with Crippen molar-refractivity contribution < 1.29 is 9.59 Å². The van der Waals surface area contributed by atoms with E-state index in [-0.39, 0.29) is 18.4 Å². The fourth-order valence-electron chi connectivity index (χ4n) is 2.10. The zero-order valence-corrected chi connectivity index (χ0v) is 12.8. The summed E-state index contributed by atoms with van der Waals surface area (Å²) in [6, 6.07) is 4.80. The predicted molar refractivity (Wildman–Crippen MR) is 78.3 cm³/mol. The van der Waals surface area contributed by atoms with Gasteiger partial charge in [-0.1, -0.05) is 40.9 Å². The van der Waals surface area contributed by atoms with E-state index in [0.717, 1.165) is 10.9 Å². The number of nitrogens with one attached hydrogen (secondary N) is 1. The molecule has 6 heteroatoms. The number of amides is 2. The van der Waals surface area contributed by atoms with E-state index in [4.69, 9.17) is 11.6 Å². The van der Waals surface area contributed by atoms with E-state index in [1.54, 1.807) is 18.2 Å². The van der Waals surface area contributed by atoms with Crippen LogP contribution in [0.4, 0.5) is 5.69 Å². The first kappa shape index (κ1) is 14.3. The van der Waals surface area contributed by atoms with Crippen LogP contribution in [0.3, 0.4) is 0 Å². The summed E-state index contributed by atoms with van der Waals surface area (Å²) in [7, 11) is 0. The van der Waals surface area contributed by atoms with Crippen LogP contribution >= 0.6 is 27.5 Å². The van der Waals surface area contributed by atoms with Crippen LogP contribution in [-0.2, 0) is 9.59 Å². The summed E-state index contributed by atoms with van der Waals surface area (Å²) in [4.78, 5) is 25.5. The Labute approximate surface area is 125 Å². The predicted octanol–water partition coefficient (Wildman–Crippen LogP) is 2.73. The number of hydrogen-bond donors (Lipinski definition) is 1. The molecule has 102 valence electrons. The summed E-state index contributed by atoms with van der Waals surface area (Å²) in [5, 5.41) is 3.17. The van der Waals surface area contributed by atoms with Gasteiger partial charge in [-0.2, -0.15) is 0 Å². The van der Waals surface area contributed by atoms with Gasteiger partial charge in [0.25, 0.3) is 0 Å². The van der Waals surface area contributed by atoms with Gasteiger partial charge < -0.3 is 5.32 Å². The van der Waals surface area contributed by atoms with Gasteiger partial charge in [0.05, 0.1) is 10.7 Å². The first-order valence-electron chi connectivity index (χ1n) is 6.08. The lowest BCUT2D eigenvalue weighted by Crippen LogP contribution is -2.58. The number of nitrogens with zero attached hydrogens (tertiary/aromatic N) is 1. The standard InChI is InChI=1S/C13H14BrClN2O2/c1-2-3-10-13(19)17(7-12(18)16-10)11-5-4-8(14)6-9(11)15/h4-6,10H,2-3,7H2,1H3,(H,16,18). The van der Waals surface area contributed by atoms with Crippen molar-refractivity contribution >= 4 is 45.0 Å².